The van der Waals surface area contributed by atoms with Gasteiger partial charge in [-0.3, -0.25) is 9.69 Å². The van der Waals surface area contributed by atoms with Gasteiger partial charge in [0.2, 0.25) is 5.96 Å². The average molecular weight is 440 g/mol. The zero-order valence-corrected chi connectivity index (χ0v) is 19.1. The highest BCUT2D eigenvalue weighted by atomic mass is 16.5. The fraction of sp³-hybridized carbons (Fsp3) is 0.615. The van der Waals surface area contributed by atoms with Crippen LogP contribution in [0.25, 0.3) is 6.08 Å². The summed E-state index contributed by atoms with van der Waals surface area (Å²) in [5, 5.41) is 10.1. The summed E-state index contributed by atoms with van der Waals surface area (Å²) in [6.45, 7) is 2.88. The van der Waals surface area contributed by atoms with E-state index in [1.807, 2.05) is 17.0 Å². The van der Waals surface area contributed by atoms with Gasteiger partial charge in [0.15, 0.2) is 0 Å². The van der Waals surface area contributed by atoms with Crippen molar-refractivity contribution < 1.29 is 14.6 Å². The lowest BCUT2D eigenvalue weighted by atomic mass is 9.94. The van der Waals surface area contributed by atoms with E-state index < -0.39 is 0 Å². The minimum absolute atomic E-state index is 0.0406. The van der Waals surface area contributed by atoms with Crippen LogP contribution in [0.5, 0.6) is 5.75 Å². The van der Waals surface area contributed by atoms with E-state index in [1.54, 1.807) is 24.3 Å². The Hall–Kier alpha value is -2.34. The molecule has 3 aliphatic rings. The van der Waals surface area contributed by atoms with Gasteiger partial charge in [-0.05, 0) is 37.8 Å². The van der Waals surface area contributed by atoms with Crippen LogP contribution in [0.15, 0.2) is 35.3 Å². The third-order valence-corrected chi connectivity index (χ3v) is 6.90. The van der Waals surface area contributed by atoms with Crippen molar-refractivity contribution in [2.24, 2.45) is 4.99 Å². The number of aromatic hydroxyl groups is 1. The molecular formula is C26H37N3O3. The summed E-state index contributed by atoms with van der Waals surface area (Å²) in [6.07, 6.45) is 14.8. The molecule has 174 valence electrons. The molecule has 6 nitrogen and oxygen atoms in total. The van der Waals surface area contributed by atoms with Crippen molar-refractivity contribution in [2.45, 2.75) is 76.3 Å². The Labute approximate surface area is 192 Å². The molecule has 1 amide bonds. The summed E-state index contributed by atoms with van der Waals surface area (Å²) in [6, 6.07) is 7.59. The number of rotatable bonds is 4. The number of nitrogens with zero attached hydrogens (tertiary/aromatic N) is 3. The predicted octanol–water partition coefficient (Wildman–Crippen LogP) is 4.59. The van der Waals surface area contributed by atoms with Crippen molar-refractivity contribution in [3.8, 4) is 5.75 Å². The summed E-state index contributed by atoms with van der Waals surface area (Å²) in [4.78, 5) is 23.2. The topological polar surface area (TPSA) is 65.4 Å². The molecule has 4 rings (SSSR count). The molecule has 1 aromatic rings. The average Bonchev–Trinajstić information content (AvgIpc) is 2.85. The SMILES string of the molecule is O=C(/C=C/c1ccccc1O)N(C(=NC1CCCCC1)N1CCOCC1)C1CCCCC1. The van der Waals surface area contributed by atoms with Crippen LogP contribution in [0.1, 0.15) is 69.8 Å². The molecule has 6 heteroatoms. The smallest absolute Gasteiger partial charge is 0.253 e. The number of guanidine groups is 1. The van der Waals surface area contributed by atoms with Crippen molar-refractivity contribution in [3.63, 3.8) is 0 Å². The molecule has 0 aromatic heterocycles. The van der Waals surface area contributed by atoms with Crippen LogP contribution in [0.4, 0.5) is 0 Å². The highest BCUT2D eigenvalue weighted by molar-refractivity contribution is 6.04. The number of benzene rings is 1. The Morgan fingerprint density at radius 1 is 1.00 bits per heavy atom. The Morgan fingerprint density at radius 3 is 2.34 bits per heavy atom. The lowest BCUT2D eigenvalue weighted by Crippen LogP contribution is -2.55. The molecule has 1 saturated heterocycles. The molecule has 3 fully saturated rings. The fourth-order valence-electron chi connectivity index (χ4n) is 5.08. The molecule has 0 spiro atoms. The quantitative estimate of drug-likeness (QED) is 0.423. The predicted molar refractivity (Wildman–Crippen MR) is 128 cm³/mol. The van der Waals surface area contributed by atoms with E-state index in [9.17, 15) is 9.90 Å². The maximum absolute atomic E-state index is 13.7. The van der Waals surface area contributed by atoms with Crippen LogP contribution in [0.3, 0.4) is 0 Å². The van der Waals surface area contributed by atoms with Crippen LogP contribution >= 0.6 is 0 Å². The van der Waals surface area contributed by atoms with Gasteiger partial charge in [0.1, 0.15) is 5.75 Å². The molecule has 32 heavy (non-hydrogen) atoms. The molecule has 2 aliphatic carbocycles. The number of hydrogen-bond acceptors (Lipinski definition) is 4. The Balaban J connectivity index is 1.65. The first-order valence-electron chi connectivity index (χ1n) is 12.4. The molecule has 1 aromatic carbocycles. The number of carbonyl (C=O) groups excluding carboxylic acids is 1. The van der Waals surface area contributed by atoms with E-state index in [2.05, 4.69) is 4.90 Å². The van der Waals surface area contributed by atoms with Gasteiger partial charge < -0.3 is 14.7 Å². The lowest BCUT2D eigenvalue weighted by molar-refractivity contribution is -0.125. The first-order chi connectivity index (χ1) is 15.7. The van der Waals surface area contributed by atoms with E-state index >= 15 is 0 Å². The van der Waals surface area contributed by atoms with E-state index in [1.165, 1.54) is 25.7 Å². The van der Waals surface area contributed by atoms with E-state index in [4.69, 9.17) is 9.73 Å². The first-order valence-corrected chi connectivity index (χ1v) is 12.4. The van der Waals surface area contributed by atoms with Crippen molar-refractivity contribution in [2.75, 3.05) is 26.3 Å². The Morgan fingerprint density at radius 2 is 1.66 bits per heavy atom. The van der Waals surface area contributed by atoms with Gasteiger partial charge in [0, 0.05) is 30.8 Å². The highest BCUT2D eigenvalue weighted by Gasteiger charge is 2.33. The normalized spacial score (nSPS) is 21.8. The molecule has 2 saturated carbocycles. The minimum atomic E-state index is -0.0406. The van der Waals surface area contributed by atoms with Crippen LogP contribution in [0, 0.1) is 0 Å². The lowest BCUT2D eigenvalue weighted by Gasteiger charge is -2.41. The molecule has 0 unspecified atom stereocenters. The minimum Gasteiger partial charge on any atom is -0.507 e. The van der Waals surface area contributed by atoms with Crippen LogP contribution in [-0.4, -0.2) is 65.2 Å². The second kappa shape index (κ2) is 11.5. The summed E-state index contributed by atoms with van der Waals surface area (Å²) in [7, 11) is 0. The molecule has 0 radical (unpaired) electrons. The summed E-state index contributed by atoms with van der Waals surface area (Å²) in [5.74, 6) is 0.991. The second-order valence-corrected chi connectivity index (χ2v) is 9.21. The summed E-state index contributed by atoms with van der Waals surface area (Å²) in [5.41, 5.74) is 0.654. The second-order valence-electron chi connectivity index (χ2n) is 9.21. The first kappa shape index (κ1) is 22.8. The van der Waals surface area contributed by atoms with Crippen LogP contribution in [0.2, 0.25) is 0 Å². The van der Waals surface area contributed by atoms with E-state index in [0.29, 0.717) is 24.8 Å². The summed E-state index contributed by atoms with van der Waals surface area (Å²) < 4.78 is 5.60. The zero-order chi connectivity index (χ0) is 22.2. The Bertz CT molecular complexity index is 804. The number of phenols is 1. The van der Waals surface area contributed by atoms with Crippen molar-refractivity contribution in [3.05, 3.63) is 35.9 Å². The van der Waals surface area contributed by atoms with Gasteiger partial charge in [-0.2, -0.15) is 0 Å². The standard InChI is InChI=1S/C26H37N3O3/c30-24-14-8-7-9-21(24)15-16-25(31)29(23-12-5-2-6-13-23)26(28-17-19-32-20-18-28)27-22-10-3-1-4-11-22/h7-9,14-16,22-23,30H,1-6,10-13,17-20H2/b16-15+,27-26?. The molecule has 1 aliphatic heterocycles. The van der Waals surface area contributed by atoms with Crippen molar-refractivity contribution >= 4 is 17.9 Å². The maximum Gasteiger partial charge on any atom is 0.253 e. The number of phenolic OH excluding ortho intramolecular Hbond substituents is 1. The van der Waals surface area contributed by atoms with Crippen LogP contribution < -0.4 is 0 Å². The number of hydrogen-bond donors (Lipinski definition) is 1. The van der Waals surface area contributed by atoms with Crippen molar-refractivity contribution in [1.29, 1.82) is 0 Å². The van der Waals surface area contributed by atoms with Gasteiger partial charge in [-0.25, -0.2) is 4.99 Å². The van der Waals surface area contributed by atoms with Gasteiger partial charge in [-0.15, -0.1) is 0 Å². The maximum atomic E-state index is 13.7. The number of para-hydroxylation sites is 1. The van der Waals surface area contributed by atoms with Crippen LogP contribution in [-0.2, 0) is 9.53 Å². The number of morpholine rings is 1. The van der Waals surface area contributed by atoms with Gasteiger partial charge in [-0.1, -0.05) is 56.7 Å². The highest BCUT2D eigenvalue weighted by Crippen LogP contribution is 2.27. The molecule has 0 atom stereocenters. The molecular weight excluding hydrogens is 402 g/mol. The number of ether oxygens (including phenoxy) is 1. The zero-order valence-electron chi connectivity index (χ0n) is 19.1. The van der Waals surface area contributed by atoms with Gasteiger partial charge in [0.05, 0.1) is 19.3 Å². The number of amides is 1. The number of carbonyl (C=O) groups is 1. The molecule has 1 heterocycles. The van der Waals surface area contributed by atoms with E-state index in [-0.39, 0.29) is 17.7 Å². The number of aliphatic imine (C=N–C) groups is 1. The van der Waals surface area contributed by atoms with Gasteiger partial charge in [0.25, 0.3) is 5.91 Å². The van der Waals surface area contributed by atoms with Crippen molar-refractivity contribution in [1.82, 2.24) is 9.80 Å². The largest absolute Gasteiger partial charge is 0.507 e. The monoisotopic (exact) mass is 439 g/mol. The molecule has 1 N–H and O–H groups in total. The van der Waals surface area contributed by atoms with E-state index in [0.717, 1.165) is 57.6 Å². The fourth-order valence-corrected chi connectivity index (χ4v) is 5.08. The Kier molecular flexibility index (Phi) is 8.21. The third kappa shape index (κ3) is 5.91. The summed E-state index contributed by atoms with van der Waals surface area (Å²) >= 11 is 0. The molecule has 0 bridgehead atoms. The third-order valence-electron chi connectivity index (χ3n) is 6.90. The van der Waals surface area contributed by atoms with Gasteiger partial charge >= 0.3 is 0 Å².